The van der Waals surface area contributed by atoms with Crippen LogP contribution in [0.5, 0.6) is 0 Å². The molecule has 108 valence electrons. The normalized spacial score (nSPS) is 13.7. The average Bonchev–Trinajstić information content (AvgIpc) is 2.11. The van der Waals surface area contributed by atoms with Crippen LogP contribution in [0, 0.1) is 0 Å². The molecule has 0 atom stereocenters. The zero-order valence-corrected chi connectivity index (χ0v) is 8.39. The van der Waals surface area contributed by atoms with E-state index in [0.717, 1.165) is 4.98 Å². The summed E-state index contributed by atoms with van der Waals surface area (Å²) in [5, 5.41) is 0. The van der Waals surface area contributed by atoms with E-state index in [1.54, 1.807) is 0 Å². The van der Waals surface area contributed by atoms with E-state index in [9.17, 15) is 44.3 Å². The summed E-state index contributed by atoms with van der Waals surface area (Å²) < 4.78 is 111. The fourth-order valence-corrected chi connectivity index (χ4v) is 1.32. The molecular weight excluding hydrogens is 297 g/mol. The first-order valence-electron chi connectivity index (χ1n) is 4.23. The zero-order valence-electron chi connectivity index (χ0n) is 8.39. The summed E-state index contributed by atoms with van der Waals surface area (Å²) in [7, 11) is 0. The Morgan fingerprint density at radius 2 is 1.16 bits per heavy atom. The van der Waals surface area contributed by atoms with E-state index < -0.39 is 47.0 Å². The van der Waals surface area contributed by atoms with Crippen LogP contribution in [0.2, 0.25) is 0 Å². The van der Waals surface area contributed by atoms with Gasteiger partial charge in [0.2, 0.25) is 0 Å². The molecule has 11 heteroatoms. The van der Waals surface area contributed by atoms with Gasteiger partial charge in [-0.25, -0.2) is 0 Å². The Morgan fingerprint density at radius 3 is 1.47 bits per heavy atom. The van der Waals surface area contributed by atoms with E-state index in [0.29, 0.717) is 0 Å². The van der Waals surface area contributed by atoms with Gasteiger partial charge in [0, 0.05) is 6.20 Å². The van der Waals surface area contributed by atoms with Crippen molar-refractivity contribution < 1.29 is 39.5 Å². The van der Waals surface area contributed by atoms with Gasteiger partial charge in [-0.3, -0.25) is 4.79 Å². The van der Waals surface area contributed by atoms with Gasteiger partial charge in [-0.2, -0.15) is 39.5 Å². The molecule has 0 amide bonds. The average molecular weight is 299 g/mol. The molecule has 0 unspecified atom stereocenters. The first kappa shape index (κ1) is 15.4. The van der Waals surface area contributed by atoms with Gasteiger partial charge >= 0.3 is 18.5 Å². The molecule has 1 rings (SSSR count). The highest BCUT2D eigenvalue weighted by molar-refractivity contribution is 5.38. The summed E-state index contributed by atoms with van der Waals surface area (Å²) in [4.78, 5) is 11.8. The number of alkyl halides is 9. The summed E-state index contributed by atoms with van der Waals surface area (Å²) >= 11 is 0. The van der Waals surface area contributed by atoms with Crippen molar-refractivity contribution in [2.75, 3.05) is 0 Å². The highest BCUT2D eigenvalue weighted by Gasteiger charge is 2.51. The van der Waals surface area contributed by atoms with E-state index >= 15 is 0 Å². The van der Waals surface area contributed by atoms with Crippen molar-refractivity contribution >= 4 is 0 Å². The van der Waals surface area contributed by atoms with E-state index in [-0.39, 0.29) is 0 Å². The molecule has 0 saturated carbocycles. The van der Waals surface area contributed by atoms with Crippen LogP contribution in [0.25, 0.3) is 0 Å². The quantitative estimate of drug-likeness (QED) is 0.731. The molecule has 0 aliphatic rings. The number of H-pyrrole nitrogens is 1. The summed E-state index contributed by atoms with van der Waals surface area (Å²) in [6, 6.07) is 0. The molecule has 0 spiro atoms. The van der Waals surface area contributed by atoms with E-state index in [1.807, 2.05) is 0 Å². The predicted octanol–water partition coefficient (Wildman–Crippen LogP) is 3.43. The Kier molecular flexibility index (Phi) is 3.37. The zero-order chi connectivity index (χ0) is 15.2. The van der Waals surface area contributed by atoms with Crippen LogP contribution in [-0.2, 0) is 18.5 Å². The second kappa shape index (κ2) is 4.17. The maximum absolute atomic E-state index is 12.4. The standard InChI is InChI=1S/C8H2F9NO/c9-6(10,11)2-1-18-5(19)4(8(15,16)17)3(2)7(12,13)14/h1H,(H,18,19). The SMILES string of the molecule is O=c1[nH]cc(C(F)(F)F)c(C(F)(F)F)c1C(F)(F)F. The second-order valence-corrected chi connectivity index (χ2v) is 3.27. The largest absolute Gasteiger partial charge is 0.422 e. The number of hydrogen-bond acceptors (Lipinski definition) is 1. The highest BCUT2D eigenvalue weighted by atomic mass is 19.4. The number of aromatic nitrogens is 1. The van der Waals surface area contributed by atoms with Gasteiger partial charge in [0.1, 0.15) is 5.56 Å². The minimum absolute atomic E-state index is 0.444. The molecule has 19 heavy (non-hydrogen) atoms. The van der Waals surface area contributed by atoms with E-state index in [2.05, 4.69) is 0 Å². The Bertz CT molecular complexity index is 533. The molecule has 0 bridgehead atoms. The Hall–Kier alpha value is -1.68. The first-order chi connectivity index (χ1) is 8.26. The molecule has 1 N–H and O–H groups in total. The molecule has 0 aromatic carbocycles. The van der Waals surface area contributed by atoms with Crippen molar-refractivity contribution in [3.63, 3.8) is 0 Å². The molecule has 0 fully saturated rings. The van der Waals surface area contributed by atoms with Crippen molar-refractivity contribution in [3.8, 4) is 0 Å². The third-order valence-corrected chi connectivity index (χ3v) is 1.97. The van der Waals surface area contributed by atoms with E-state index in [1.165, 1.54) is 0 Å². The molecule has 0 radical (unpaired) electrons. The molecule has 1 aromatic rings. The number of pyridine rings is 1. The van der Waals surface area contributed by atoms with Gasteiger partial charge in [0.05, 0.1) is 11.1 Å². The maximum Gasteiger partial charge on any atom is 0.422 e. The van der Waals surface area contributed by atoms with Gasteiger partial charge < -0.3 is 4.98 Å². The number of nitrogens with one attached hydrogen (secondary N) is 1. The Balaban J connectivity index is 3.88. The van der Waals surface area contributed by atoms with Crippen LogP contribution >= 0.6 is 0 Å². The van der Waals surface area contributed by atoms with Crippen molar-refractivity contribution in [2.24, 2.45) is 0 Å². The molecule has 1 aromatic heterocycles. The van der Waals surface area contributed by atoms with E-state index in [4.69, 9.17) is 0 Å². The molecule has 1 heterocycles. The van der Waals surface area contributed by atoms with Gasteiger partial charge in [0.25, 0.3) is 5.56 Å². The topological polar surface area (TPSA) is 32.9 Å². The second-order valence-electron chi connectivity index (χ2n) is 3.27. The van der Waals surface area contributed by atoms with Crippen LogP contribution in [0.4, 0.5) is 39.5 Å². The molecule has 0 aliphatic carbocycles. The van der Waals surface area contributed by atoms with Gasteiger partial charge in [-0.15, -0.1) is 0 Å². The summed E-state index contributed by atoms with van der Waals surface area (Å²) in [6.07, 6.45) is -18.0. The monoisotopic (exact) mass is 299 g/mol. The fraction of sp³-hybridized carbons (Fsp3) is 0.375. The van der Waals surface area contributed by atoms with Gasteiger partial charge in [-0.1, -0.05) is 0 Å². The maximum atomic E-state index is 12.4. The highest BCUT2D eigenvalue weighted by Crippen LogP contribution is 2.44. The lowest BCUT2D eigenvalue weighted by Gasteiger charge is -2.19. The lowest BCUT2D eigenvalue weighted by atomic mass is 10.0. The van der Waals surface area contributed by atoms with Crippen molar-refractivity contribution in [1.29, 1.82) is 0 Å². The van der Waals surface area contributed by atoms with Crippen LogP contribution in [0.15, 0.2) is 11.0 Å². The first-order valence-corrected chi connectivity index (χ1v) is 4.23. The number of rotatable bonds is 0. The third-order valence-electron chi connectivity index (χ3n) is 1.97. The predicted molar refractivity (Wildman–Crippen MR) is 42.1 cm³/mol. The van der Waals surface area contributed by atoms with Crippen LogP contribution in [0.1, 0.15) is 16.7 Å². The smallest absolute Gasteiger partial charge is 0.328 e. The molecule has 0 aliphatic heterocycles. The van der Waals surface area contributed by atoms with Gasteiger partial charge in [-0.05, 0) is 0 Å². The number of halogens is 9. The third kappa shape index (κ3) is 3.01. The molecule has 0 saturated heterocycles. The summed E-state index contributed by atoms with van der Waals surface area (Å²) in [5.74, 6) is 0. The molecule has 2 nitrogen and oxygen atoms in total. The Morgan fingerprint density at radius 1 is 0.737 bits per heavy atom. The fourth-order valence-electron chi connectivity index (χ4n) is 1.32. The van der Waals surface area contributed by atoms with Crippen molar-refractivity contribution in [3.05, 3.63) is 33.2 Å². The lowest BCUT2D eigenvalue weighted by Crippen LogP contribution is -2.31. The van der Waals surface area contributed by atoms with Crippen LogP contribution in [-0.4, -0.2) is 4.98 Å². The minimum Gasteiger partial charge on any atom is -0.328 e. The summed E-state index contributed by atoms with van der Waals surface area (Å²) in [6.45, 7) is 0. The van der Waals surface area contributed by atoms with Gasteiger partial charge in [0.15, 0.2) is 0 Å². The Labute approximate surface area is 97.4 Å². The van der Waals surface area contributed by atoms with Crippen LogP contribution in [0.3, 0.4) is 0 Å². The van der Waals surface area contributed by atoms with Crippen molar-refractivity contribution in [1.82, 2.24) is 4.98 Å². The number of hydrogen-bond donors (Lipinski definition) is 1. The number of aromatic amines is 1. The molecular formula is C8H2F9NO. The minimum atomic E-state index is -5.98. The summed E-state index contributed by atoms with van der Waals surface area (Å²) in [5.41, 5.74) is -10.9. The lowest BCUT2D eigenvalue weighted by molar-refractivity contribution is -0.175. The van der Waals surface area contributed by atoms with Crippen molar-refractivity contribution in [2.45, 2.75) is 18.5 Å². The van der Waals surface area contributed by atoms with Crippen LogP contribution < -0.4 is 5.56 Å².